The summed E-state index contributed by atoms with van der Waals surface area (Å²) in [6.45, 7) is 2.24. The monoisotopic (exact) mass is 420 g/mol. The van der Waals surface area contributed by atoms with Crippen LogP contribution in [-0.2, 0) is 11.2 Å². The zero-order chi connectivity index (χ0) is 20.8. The highest BCUT2D eigenvalue weighted by Gasteiger charge is 2.41. The lowest BCUT2D eigenvalue weighted by molar-refractivity contribution is -0.124. The van der Waals surface area contributed by atoms with Crippen molar-refractivity contribution in [2.24, 2.45) is 5.92 Å². The molecule has 2 aromatic heterocycles. The van der Waals surface area contributed by atoms with Crippen LogP contribution in [0, 0.1) is 5.92 Å². The Balaban J connectivity index is 1.08. The second-order valence-corrected chi connectivity index (χ2v) is 9.49. The summed E-state index contributed by atoms with van der Waals surface area (Å²) >= 11 is 0. The third-order valence-electron chi connectivity index (χ3n) is 7.25. The van der Waals surface area contributed by atoms with Crippen LogP contribution < -0.4 is 0 Å². The number of likely N-dealkylation sites (tertiary alicyclic amines) is 1. The number of rotatable bonds is 4. The fourth-order valence-corrected chi connectivity index (χ4v) is 5.24. The molecule has 0 bridgehead atoms. The van der Waals surface area contributed by atoms with Gasteiger partial charge in [-0.05, 0) is 68.0 Å². The molecule has 1 amide bonds. The predicted molar refractivity (Wildman–Crippen MR) is 115 cm³/mol. The van der Waals surface area contributed by atoms with Gasteiger partial charge in [-0.1, -0.05) is 11.2 Å². The van der Waals surface area contributed by atoms with Crippen LogP contribution in [-0.4, -0.2) is 51.2 Å². The first-order valence-electron chi connectivity index (χ1n) is 11.5. The molecule has 2 saturated heterocycles. The number of amides is 1. The molecule has 1 aliphatic carbocycles. The van der Waals surface area contributed by atoms with Gasteiger partial charge in [-0.25, -0.2) is 0 Å². The minimum Gasteiger partial charge on any atom is -0.375 e. The highest BCUT2D eigenvalue weighted by molar-refractivity contribution is 5.98. The molecule has 1 unspecified atom stereocenters. The molecule has 1 atom stereocenters. The molecule has 7 heteroatoms. The molecular formula is C24H28N4O3. The largest absolute Gasteiger partial charge is 0.375 e. The number of aromatic amines is 1. The Hall–Kier alpha value is -2.67. The van der Waals surface area contributed by atoms with Crippen LogP contribution in [0.25, 0.3) is 10.9 Å². The van der Waals surface area contributed by atoms with Gasteiger partial charge in [0, 0.05) is 49.3 Å². The first kappa shape index (κ1) is 19.0. The highest BCUT2D eigenvalue weighted by Crippen LogP contribution is 2.40. The van der Waals surface area contributed by atoms with Crippen molar-refractivity contribution in [3.05, 3.63) is 47.7 Å². The van der Waals surface area contributed by atoms with E-state index in [9.17, 15) is 4.79 Å². The zero-order valence-corrected chi connectivity index (χ0v) is 17.7. The van der Waals surface area contributed by atoms with Crippen molar-refractivity contribution in [2.75, 3.05) is 19.7 Å². The van der Waals surface area contributed by atoms with Gasteiger partial charge in [0.1, 0.15) is 0 Å². The maximum atomic E-state index is 13.0. The summed E-state index contributed by atoms with van der Waals surface area (Å²) in [7, 11) is 0. The number of benzene rings is 1. The number of H-pyrrole nitrogens is 1. The maximum absolute atomic E-state index is 13.0. The number of nitrogens with zero attached hydrogens (tertiary/aromatic N) is 3. The Morgan fingerprint density at radius 3 is 2.90 bits per heavy atom. The van der Waals surface area contributed by atoms with Crippen molar-refractivity contribution in [1.29, 1.82) is 0 Å². The van der Waals surface area contributed by atoms with Gasteiger partial charge in [0.05, 0.1) is 5.60 Å². The standard InChI is InChI=1S/C24H28N4O3/c29-23(19-4-1-17-5-9-25-20(17)14-19)28-10-7-24(8-11-28)15-16(6-12-30-24)13-21-26-22(27-31-21)18-2-3-18/h1,4-5,9,14,16,18,25H,2-3,6-8,10-13,15H2. The molecule has 1 saturated carbocycles. The summed E-state index contributed by atoms with van der Waals surface area (Å²) in [5, 5.41) is 5.28. The Morgan fingerprint density at radius 2 is 2.06 bits per heavy atom. The topological polar surface area (TPSA) is 84.3 Å². The van der Waals surface area contributed by atoms with Gasteiger partial charge in [0.2, 0.25) is 5.89 Å². The predicted octanol–water partition coefficient (Wildman–Crippen LogP) is 4.07. The van der Waals surface area contributed by atoms with E-state index in [1.807, 2.05) is 35.4 Å². The van der Waals surface area contributed by atoms with Crippen LogP contribution in [0.5, 0.6) is 0 Å². The Kier molecular flexibility index (Phi) is 4.60. The minimum atomic E-state index is -0.123. The van der Waals surface area contributed by atoms with Gasteiger partial charge in [-0.15, -0.1) is 0 Å². The average molecular weight is 421 g/mol. The number of carbonyl (C=O) groups excluding carboxylic acids is 1. The first-order valence-corrected chi connectivity index (χ1v) is 11.5. The summed E-state index contributed by atoms with van der Waals surface area (Å²) in [4.78, 5) is 22.8. The van der Waals surface area contributed by atoms with E-state index in [4.69, 9.17) is 9.26 Å². The molecule has 162 valence electrons. The highest BCUT2D eigenvalue weighted by atomic mass is 16.5. The maximum Gasteiger partial charge on any atom is 0.253 e. The van der Waals surface area contributed by atoms with Crippen molar-refractivity contribution >= 4 is 16.8 Å². The normalized spacial score (nSPS) is 23.5. The summed E-state index contributed by atoms with van der Waals surface area (Å²) in [5.41, 5.74) is 1.63. The molecule has 3 aliphatic rings. The van der Waals surface area contributed by atoms with Crippen molar-refractivity contribution in [3.8, 4) is 0 Å². The molecule has 1 aromatic carbocycles. The van der Waals surface area contributed by atoms with Crippen molar-refractivity contribution in [2.45, 2.75) is 56.5 Å². The number of hydrogen-bond acceptors (Lipinski definition) is 5. The SMILES string of the molecule is O=C(c1ccc2cc[nH]c2c1)N1CCC2(CC1)CC(Cc1nc(C3CC3)no1)CCO2. The van der Waals surface area contributed by atoms with E-state index in [1.165, 1.54) is 12.8 Å². The Labute approximate surface area is 181 Å². The molecule has 3 aromatic rings. The van der Waals surface area contributed by atoms with Crippen molar-refractivity contribution in [3.63, 3.8) is 0 Å². The number of piperidine rings is 1. The van der Waals surface area contributed by atoms with Gasteiger partial charge in [-0.2, -0.15) is 4.98 Å². The van der Waals surface area contributed by atoms with E-state index in [0.29, 0.717) is 11.8 Å². The van der Waals surface area contributed by atoms with E-state index < -0.39 is 0 Å². The molecular weight excluding hydrogens is 392 g/mol. The third kappa shape index (κ3) is 3.76. The number of ether oxygens (including phenoxy) is 1. The van der Waals surface area contributed by atoms with Crippen molar-refractivity contribution in [1.82, 2.24) is 20.0 Å². The number of carbonyl (C=O) groups is 1. The summed E-state index contributed by atoms with van der Waals surface area (Å²) in [5.74, 6) is 2.80. The Morgan fingerprint density at radius 1 is 1.19 bits per heavy atom. The van der Waals surface area contributed by atoms with Gasteiger partial charge in [0.25, 0.3) is 5.91 Å². The first-order chi connectivity index (χ1) is 15.2. The van der Waals surface area contributed by atoms with Crippen LogP contribution in [0.15, 0.2) is 35.0 Å². The summed E-state index contributed by atoms with van der Waals surface area (Å²) < 4.78 is 11.8. The second-order valence-electron chi connectivity index (χ2n) is 9.49. The van der Waals surface area contributed by atoms with Crippen molar-refractivity contribution < 1.29 is 14.1 Å². The second kappa shape index (κ2) is 7.48. The molecule has 7 nitrogen and oxygen atoms in total. The summed E-state index contributed by atoms with van der Waals surface area (Å²) in [6, 6.07) is 7.91. The molecule has 4 heterocycles. The average Bonchev–Trinajstić information content (AvgIpc) is 3.35. The third-order valence-corrected chi connectivity index (χ3v) is 7.25. The molecule has 31 heavy (non-hydrogen) atoms. The van der Waals surface area contributed by atoms with Crippen LogP contribution in [0.4, 0.5) is 0 Å². The van der Waals surface area contributed by atoms with Crippen LogP contribution in [0.2, 0.25) is 0 Å². The molecule has 6 rings (SSSR count). The number of nitrogens with one attached hydrogen (secondary N) is 1. The number of hydrogen-bond donors (Lipinski definition) is 1. The zero-order valence-electron chi connectivity index (χ0n) is 17.7. The summed E-state index contributed by atoms with van der Waals surface area (Å²) in [6.07, 6.45) is 8.92. The van der Waals surface area contributed by atoms with E-state index in [0.717, 1.165) is 80.0 Å². The lowest BCUT2D eigenvalue weighted by atomic mass is 9.78. The van der Waals surface area contributed by atoms with Gasteiger partial charge < -0.3 is 19.1 Å². The number of fused-ring (bicyclic) bond motifs is 1. The van der Waals surface area contributed by atoms with Gasteiger partial charge in [0.15, 0.2) is 5.82 Å². The smallest absolute Gasteiger partial charge is 0.253 e. The van der Waals surface area contributed by atoms with E-state index >= 15 is 0 Å². The Bertz CT molecular complexity index is 1090. The van der Waals surface area contributed by atoms with E-state index in [2.05, 4.69) is 15.1 Å². The van der Waals surface area contributed by atoms with Gasteiger partial charge >= 0.3 is 0 Å². The molecule has 0 radical (unpaired) electrons. The fourth-order valence-electron chi connectivity index (χ4n) is 5.24. The van der Waals surface area contributed by atoms with Crippen LogP contribution in [0.1, 0.15) is 66.5 Å². The minimum absolute atomic E-state index is 0.108. The lowest BCUT2D eigenvalue weighted by Crippen LogP contribution is -2.51. The van der Waals surface area contributed by atoms with Crippen LogP contribution >= 0.6 is 0 Å². The number of aromatic nitrogens is 3. The molecule has 1 N–H and O–H groups in total. The molecule has 2 aliphatic heterocycles. The fraction of sp³-hybridized carbons (Fsp3) is 0.542. The quantitative estimate of drug-likeness (QED) is 0.688. The van der Waals surface area contributed by atoms with E-state index in [1.54, 1.807) is 0 Å². The lowest BCUT2D eigenvalue weighted by Gasteiger charge is -2.46. The molecule has 1 spiro atoms. The molecule has 3 fully saturated rings. The van der Waals surface area contributed by atoms with E-state index in [-0.39, 0.29) is 11.5 Å². The van der Waals surface area contributed by atoms with Gasteiger partial charge in [-0.3, -0.25) is 4.79 Å². The van der Waals surface area contributed by atoms with Crippen LogP contribution in [0.3, 0.4) is 0 Å².